The molecule has 80 valence electrons. The Hall–Kier alpha value is -1.85. The van der Waals surface area contributed by atoms with Crippen molar-refractivity contribution in [3.8, 4) is 0 Å². The molecule has 0 spiro atoms. The molecule has 0 radical (unpaired) electrons. The maximum Gasteiger partial charge on any atom is 0.305 e. The molecule has 6 heteroatoms. The van der Waals surface area contributed by atoms with Crippen LogP contribution in [0.5, 0.6) is 0 Å². The van der Waals surface area contributed by atoms with E-state index in [1.54, 1.807) is 13.8 Å². The van der Waals surface area contributed by atoms with Crippen molar-refractivity contribution in [2.45, 2.75) is 26.2 Å². The van der Waals surface area contributed by atoms with Crippen molar-refractivity contribution in [2.24, 2.45) is 0 Å². The number of carbonyl (C=O) groups is 1. The van der Waals surface area contributed by atoms with Crippen molar-refractivity contribution >= 4 is 11.5 Å². The Bertz CT molecular complexity index is 375. The third-order valence-electron chi connectivity index (χ3n) is 2.09. The molecule has 15 heavy (non-hydrogen) atoms. The average Bonchev–Trinajstić information content (AvgIpc) is 2.27. The van der Waals surface area contributed by atoms with E-state index in [1.807, 2.05) is 0 Å². The smallest absolute Gasteiger partial charge is 0.299 e. The number of ketones is 1. The third-order valence-corrected chi connectivity index (χ3v) is 2.09. The number of hydrogen-bond acceptors (Lipinski definition) is 5. The zero-order valence-electron chi connectivity index (χ0n) is 8.51. The number of carbonyl (C=O) groups excluding carboxylic acids is 1. The van der Waals surface area contributed by atoms with Gasteiger partial charge in [-0.3, -0.25) is 14.9 Å². The van der Waals surface area contributed by atoms with Gasteiger partial charge in [-0.15, -0.1) is 0 Å². The van der Waals surface area contributed by atoms with Gasteiger partial charge in [0.1, 0.15) is 24.0 Å². The fraction of sp³-hybridized carbons (Fsp3) is 0.444. The molecule has 6 nitrogen and oxygen atoms in total. The number of Topliss-reactive ketones (excluding diaryl/α,β-unsaturated/α-hetero) is 1. The summed E-state index contributed by atoms with van der Waals surface area (Å²) in [6.07, 6.45) is 2.63. The first-order chi connectivity index (χ1) is 7.06. The van der Waals surface area contributed by atoms with Crippen molar-refractivity contribution in [2.75, 3.05) is 0 Å². The predicted octanol–water partition coefficient (Wildman–Crippen LogP) is 1.47. The second-order valence-electron chi connectivity index (χ2n) is 3.10. The minimum atomic E-state index is -0.573. The van der Waals surface area contributed by atoms with E-state index in [0.717, 1.165) is 12.4 Å². The Morgan fingerprint density at radius 3 is 2.47 bits per heavy atom. The summed E-state index contributed by atoms with van der Waals surface area (Å²) in [5, 5.41) is 10.3. The fourth-order valence-electron chi connectivity index (χ4n) is 1.10. The van der Waals surface area contributed by atoms with E-state index >= 15 is 0 Å². The van der Waals surface area contributed by atoms with E-state index in [-0.39, 0.29) is 11.5 Å². The molecule has 0 bridgehead atoms. The van der Waals surface area contributed by atoms with Gasteiger partial charge in [-0.2, -0.15) is 0 Å². The second kappa shape index (κ2) is 4.59. The second-order valence-corrected chi connectivity index (χ2v) is 3.10. The van der Waals surface area contributed by atoms with Crippen LogP contribution in [0, 0.1) is 10.1 Å². The molecular weight excluding hydrogens is 198 g/mol. The topological polar surface area (TPSA) is 86.0 Å². The van der Waals surface area contributed by atoms with E-state index < -0.39 is 10.8 Å². The minimum Gasteiger partial charge on any atom is -0.299 e. The highest BCUT2D eigenvalue weighted by Crippen LogP contribution is 2.14. The Morgan fingerprint density at radius 2 is 2.07 bits per heavy atom. The molecule has 1 aromatic heterocycles. The van der Waals surface area contributed by atoms with Crippen LogP contribution in [0.3, 0.4) is 0 Å². The van der Waals surface area contributed by atoms with E-state index in [4.69, 9.17) is 0 Å². The molecule has 0 aromatic carbocycles. The molecule has 0 aliphatic heterocycles. The molecule has 1 heterocycles. The Kier molecular flexibility index (Phi) is 3.43. The molecular formula is C9H11N3O3. The zero-order valence-corrected chi connectivity index (χ0v) is 8.51. The minimum absolute atomic E-state index is 0.0175. The first-order valence-electron chi connectivity index (χ1n) is 4.55. The van der Waals surface area contributed by atoms with Crippen molar-refractivity contribution in [1.29, 1.82) is 0 Å². The van der Waals surface area contributed by atoms with Gasteiger partial charge >= 0.3 is 5.69 Å². The molecule has 0 N–H and O–H groups in total. The molecule has 0 saturated carbocycles. The van der Waals surface area contributed by atoms with E-state index in [0.29, 0.717) is 12.2 Å². The maximum atomic E-state index is 11.3. The summed E-state index contributed by atoms with van der Waals surface area (Å²) in [6, 6.07) is 0. The Balaban J connectivity index is 2.89. The Labute approximate surface area is 86.5 Å². The van der Waals surface area contributed by atoms with Crippen LogP contribution < -0.4 is 0 Å². The van der Waals surface area contributed by atoms with Gasteiger partial charge in [0.05, 0.1) is 10.8 Å². The lowest BCUT2D eigenvalue weighted by Gasteiger charge is -2.05. The molecule has 1 rings (SSSR count). The van der Waals surface area contributed by atoms with Crippen molar-refractivity contribution in [1.82, 2.24) is 9.97 Å². The lowest BCUT2D eigenvalue weighted by molar-refractivity contribution is -0.385. The summed E-state index contributed by atoms with van der Waals surface area (Å²) >= 11 is 0. The zero-order chi connectivity index (χ0) is 11.4. The normalized spacial score (nSPS) is 12.1. The van der Waals surface area contributed by atoms with Gasteiger partial charge < -0.3 is 0 Å². The predicted molar refractivity (Wildman–Crippen MR) is 52.4 cm³/mol. The lowest BCUT2D eigenvalue weighted by Crippen LogP contribution is -2.11. The first kappa shape index (κ1) is 11.2. The lowest BCUT2D eigenvalue weighted by atomic mass is 10.0. The Morgan fingerprint density at radius 1 is 1.53 bits per heavy atom. The van der Waals surface area contributed by atoms with E-state index in [9.17, 15) is 14.9 Å². The molecule has 0 aliphatic rings. The van der Waals surface area contributed by atoms with Gasteiger partial charge in [-0.25, -0.2) is 9.97 Å². The van der Waals surface area contributed by atoms with Crippen LogP contribution in [0.25, 0.3) is 0 Å². The monoisotopic (exact) mass is 209 g/mol. The first-order valence-corrected chi connectivity index (χ1v) is 4.55. The molecule has 0 amide bonds. The van der Waals surface area contributed by atoms with Gasteiger partial charge in [0.25, 0.3) is 0 Å². The summed E-state index contributed by atoms with van der Waals surface area (Å²) < 4.78 is 0. The quantitative estimate of drug-likeness (QED) is 0.553. The van der Waals surface area contributed by atoms with E-state index in [2.05, 4.69) is 9.97 Å². The number of aromatic nitrogens is 2. The van der Waals surface area contributed by atoms with Crippen LogP contribution in [0.2, 0.25) is 0 Å². The van der Waals surface area contributed by atoms with Gasteiger partial charge in [0, 0.05) is 6.42 Å². The van der Waals surface area contributed by atoms with Gasteiger partial charge in [-0.1, -0.05) is 6.92 Å². The molecule has 1 unspecified atom stereocenters. The number of nitro groups is 1. The van der Waals surface area contributed by atoms with Crippen LogP contribution in [0.1, 0.15) is 32.0 Å². The highest BCUT2D eigenvalue weighted by Gasteiger charge is 2.17. The molecule has 0 aliphatic carbocycles. The largest absolute Gasteiger partial charge is 0.305 e. The summed E-state index contributed by atoms with van der Waals surface area (Å²) in [5.41, 5.74) is -0.171. The van der Waals surface area contributed by atoms with Gasteiger partial charge in [0.2, 0.25) is 0 Å². The number of nitrogens with zero attached hydrogens (tertiary/aromatic N) is 3. The highest BCUT2D eigenvalue weighted by atomic mass is 16.6. The summed E-state index contributed by atoms with van der Waals surface area (Å²) in [7, 11) is 0. The van der Waals surface area contributed by atoms with Crippen molar-refractivity contribution < 1.29 is 9.72 Å². The van der Waals surface area contributed by atoms with Crippen molar-refractivity contribution in [3.05, 3.63) is 28.3 Å². The molecule has 0 fully saturated rings. The third kappa shape index (κ3) is 2.55. The van der Waals surface area contributed by atoms with Crippen LogP contribution >= 0.6 is 0 Å². The number of hydrogen-bond donors (Lipinski definition) is 0. The number of rotatable bonds is 4. The average molecular weight is 209 g/mol. The standard InChI is InChI=1S/C9H11N3O3/c1-3-8(13)6(2)9-10-4-7(5-11-9)12(14)15/h4-6H,3H2,1-2H3. The fourth-order valence-corrected chi connectivity index (χ4v) is 1.10. The van der Waals surface area contributed by atoms with Crippen LogP contribution in [-0.2, 0) is 4.79 Å². The van der Waals surface area contributed by atoms with E-state index in [1.165, 1.54) is 0 Å². The maximum absolute atomic E-state index is 11.3. The van der Waals surface area contributed by atoms with Crippen molar-refractivity contribution in [3.63, 3.8) is 0 Å². The summed E-state index contributed by atoms with van der Waals surface area (Å²) in [5.74, 6) is -0.0629. The van der Waals surface area contributed by atoms with Crippen LogP contribution in [0.4, 0.5) is 5.69 Å². The van der Waals surface area contributed by atoms with Crippen LogP contribution in [-0.4, -0.2) is 20.7 Å². The highest BCUT2D eigenvalue weighted by molar-refractivity contribution is 5.84. The van der Waals surface area contributed by atoms with Gasteiger partial charge in [0.15, 0.2) is 0 Å². The molecule has 1 atom stereocenters. The molecule has 1 aromatic rings. The molecule has 0 saturated heterocycles. The van der Waals surface area contributed by atoms with Gasteiger partial charge in [-0.05, 0) is 6.92 Å². The summed E-state index contributed by atoms with van der Waals surface area (Å²) in [6.45, 7) is 3.44. The summed E-state index contributed by atoms with van der Waals surface area (Å²) in [4.78, 5) is 28.7. The van der Waals surface area contributed by atoms with Crippen LogP contribution in [0.15, 0.2) is 12.4 Å². The SMILES string of the molecule is CCC(=O)C(C)c1ncc([N+](=O)[O-])cn1.